The number of aromatic nitrogens is 2. The van der Waals surface area contributed by atoms with Crippen molar-refractivity contribution in [3.05, 3.63) is 64.1 Å². The Bertz CT molecular complexity index is 866. The molecule has 3 aromatic rings. The van der Waals surface area contributed by atoms with Crippen LogP contribution in [-0.4, -0.2) is 22.7 Å². The molecule has 0 aliphatic carbocycles. The molecule has 6 nitrogen and oxygen atoms in total. The molecular formula is C18H16ClN3O3S. The summed E-state index contributed by atoms with van der Waals surface area (Å²) in [5, 5.41) is 12.3. The molecule has 134 valence electrons. The van der Waals surface area contributed by atoms with Crippen LogP contribution >= 0.6 is 22.9 Å². The van der Waals surface area contributed by atoms with E-state index in [1.807, 2.05) is 31.2 Å². The number of hydrogen-bond donors (Lipinski definition) is 1. The molecular weight excluding hydrogens is 374 g/mol. The Morgan fingerprint density at radius 3 is 2.42 bits per heavy atom. The number of amides is 1. The third-order valence-electron chi connectivity index (χ3n) is 3.28. The zero-order valence-corrected chi connectivity index (χ0v) is 15.5. The van der Waals surface area contributed by atoms with Crippen molar-refractivity contribution in [2.75, 3.05) is 11.9 Å². The van der Waals surface area contributed by atoms with Gasteiger partial charge in [-0.25, -0.2) is 0 Å². The van der Waals surface area contributed by atoms with Gasteiger partial charge < -0.3 is 9.47 Å². The number of anilines is 1. The highest BCUT2D eigenvalue weighted by molar-refractivity contribution is 7.15. The number of ether oxygens (including phenoxy) is 2. The third-order valence-corrected chi connectivity index (χ3v) is 4.34. The van der Waals surface area contributed by atoms with Crippen LogP contribution < -0.4 is 14.8 Å². The van der Waals surface area contributed by atoms with Gasteiger partial charge in [-0.3, -0.25) is 10.1 Å². The van der Waals surface area contributed by atoms with Gasteiger partial charge in [0.05, 0.1) is 0 Å². The maximum absolute atomic E-state index is 11.9. The van der Waals surface area contributed by atoms with Crippen molar-refractivity contribution < 1.29 is 14.3 Å². The first-order valence-electron chi connectivity index (χ1n) is 7.78. The van der Waals surface area contributed by atoms with E-state index in [0.29, 0.717) is 20.9 Å². The molecule has 2 aromatic carbocycles. The molecule has 0 saturated heterocycles. The Kier molecular flexibility index (Phi) is 6.04. The fourth-order valence-corrected chi connectivity index (χ4v) is 2.77. The number of benzene rings is 2. The van der Waals surface area contributed by atoms with Gasteiger partial charge in [-0.1, -0.05) is 40.6 Å². The van der Waals surface area contributed by atoms with E-state index in [2.05, 4.69) is 15.5 Å². The molecule has 0 radical (unpaired) electrons. The number of nitrogens with one attached hydrogen (secondary N) is 1. The second kappa shape index (κ2) is 8.64. The third kappa shape index (κ3) is 5.44. The predicted octanol–water partition coefficient (Wildman–Crippen LogP) is 4.10. The van der Waals surface area contributed by atoms with Crippen molar-refractivity contribution in [2.24, 2.45) is 0 Å². The van der Waals surface area contributed by atoms with Gasteiger partial charge in [0.2, 0.25) is 5.13 Å². The van der Waals surface area contributed by atoms with Crippen LogP contribution in [0.25, 0.3) is 0 Å². The lowest BCUT2D eigenvalue weighted by molar-refractivity contribution is -0.118. The number of carbonyl (C=O) groups is 1. The summed E-state index contributed by atoms with van der Waals surface area (Å²) in [4.78, 5) is 11.9. The van der Waals surface area contributed by atoms with Crippen LogP contribution in [0.2, 0.25) is 5.02 Å². The number of halogens is 1. The zero-order chi connectivity index (χ0) is 18.4. The van der Waals surface area contributed by atoms with Gasteiger partial charge in [-0.2, -0.15) is 0 Å². The lowest BCUT2D eigenvalue weighted by Gasteiger charge is -2.05. The van der Waals surface area contributed by atoms with Gasteiger partial charge in [-0.15, -0.1) is 10.2 Å². The Hall–Kier alpha value is -2.64. The van der Waals surface area contributed by atoms with E-state index < -0.39 is 0 Å². The number of hydrogen-bond acceptors (Lipinski definition) is 6. The summed E-state index contributed by atoms with van der Waals surface area (Å²) in [5.41, 5.74) is 1.17. The number of aryl methyl sites for hydroxylation is 1. The van der Waals surface area contributed by atoms with Crippen LogP contribution in [0.15, 0.2) is 48.5 Å². The second-order valence-corrected chi connectivity index (χ2v) is 6.89. The Labute approximate surface area is 159 Å². The van der Waals surface area contributed by atoms with Crippen LogP contribution in [0.5, 0.6) is 11.5 Å². The van der Waals surface area contributed by atoms with Crippen LogP contribution in [0.3, 0.4) is 0 Å². The van der Waals surface area contributed by atoms with E-state index in [-0.39, 0.29) is 19.1 Å². The standard InChI is InChI=1S/C18H16ClN3O3S/c1-12-2-6-14(7-3-12)25-11-17-21-22-18(26-17)20-16(23)10-24-15-8-4-13(19)5-9-15/h2-9H,10-11H2,1H3,(H,20,22,23). The maximum atomic E-state index is 11.9. The molecule has 0 bridgehead atoms. The van der Waals surface area contributed by atoms with Crippen molar-refractivity contribution in [3.63, 3.8) is 0 Å². The molecule has 26 heavy (non-hydrogen) atoms. The van der Waals surface area contributed by atoms with E-state index in [9.17, 15) is 4.79 Å². The van der Waals surface area contributed by atoms with Crippen LogP contribution in [0.1, 0.15) is 10.6 Å². The summed E-state index contributed by atoms with van der Waals surface area (Å²) in [6, 6.07) is 14.5. The first kappa shape index (κ1) is 18.2. The highest BCUT2D eigenvalue weighted by atomic mass is 35.5. The summed E-state index contributed by atoms with van der Waals surface area (Å²) < 4.78 is 11.0. The minimum absolute atomic E-state index is 0.129. The van der Waals surface area contributed by atoms with Gasteiger partial charge in [0.1, 0.15) is 18.1 Å². The molecule has 1 amide bonds. The number of nitrogens with zero attached hydrogens (tertiary/aromatic N) is 2. The van der Waals surface area contributed by atoms with Crippen molar-refractivity contribution in [3.8, 4) is 11.5 Å². The maximum Gasteiger partial charge on any atom is 0.264 e. The molecule has 0 unspecified atom stereocenters. The average Bonchev–Trinajstić information content (AvgIpc) is 3.08. The largest absolute Gasteiger partial charge is 0.486 e. The molecule has 0 aliphatic rings. The quantitative estimate of drug-likeness (QED) is 0.658. The zero-order valence-electron chi connectivity index (χ0n) is 13.9. The second-order valence-electron chi connectivity index (χ2n) is 5.39. The van der Waals surface area contributed by atoms with E-state index in [1.165, 1.54) is 16.9 Å². The number of carbonyl (C=O) groups excluding carboxylic acids is 1. The monoisotopic (exact) mass is 389 g/mol. The van der Waals surface area contributed by atoms with Gasteiger partial charge in [0.15, 0.2) is 11.6 Å². The lowest BCUT2D eigenvalue weighted by Crippen LogP contribution is -2.20. The van der Waals surface area contributed by atoms with Crippen molar-refractivity contribution in [1.29, 1.82) is 0 Å². The summed E-state index contributed by atoms with van der Waals surface area (Å²) in [7, 11) is 0. The summed E-state index contributed by atoms with van der Waals surface area (Å²) in [6.07, 6.45) is 0. The highest BCUT2D eigenvalue weighted by Gasteiger charge is 2.09. The van der Waals surface area contributed by atoms with Gasteiger partial charge in [0, 0.05) is 5.02 Å². The molecule has 8 heteroatoms. The summed E-state index contributed by atoms with van der Waals surface area (Å²) in [5.74, 6) is 1.00. The minimum atomic E-state index is -0.317. The predicted molar refractivity (Wildman–Crippen MR) is 101 cm³/mol. The molecule has 0 aliphatic heterocycles. The van der Waals surface area contributed by atoms with E-state index in [0.717, 1.165) is 5.75 Å². The first-order chi connectivity index (χ1) is 12.6. The van der Waals surface area contributed by atoms with Gasteiger partial charge in [-0.05, 0) is 43.3 Å². The molecule has 0 fully saturated rings. The molecule has 0 atom stereocenters. The first-order valence-corrected chi connectivity index (χ1v) is 8.98. The SMILES string of the molecule is Cc1ccc(OCc2nnc(NC(=O)COc3ccc(Cl)cc3)s2)cc1. The fraction of sp³-hybridized carbons (Fsp3) is 0.167. The van der Waals surface area contributed by atoms with Crippen LogP contribution in [0.4, 0.5) is 5.13 Å². The minimum Gasteiger partial charge on any atom is -0.486 e. The molecule has 1 aromatic heterocycles. The van der Waals surface area contributed by atoms with Gasteiger partial charge >= 0.3 is 0 Å². The smallest absolute Gasteiger partial charge is 0.264 e. The molecule has 1 N–H and O–H groups in total. The molecule has 3 rings (SSSR count). The Morgan fingerprint density at radius 2 is 1.69 bits per heavy atom. The topological polar surface area (TPSA) is 73.3 Å². The van der Waals surface area contributed by atoms with E-state index >= 15 is 0 Å². The Morgan fingerprint density at radius 1 is 1.04 bits per heavy atom. The van der Waals surface area contributed by atoms with Crippen LogP contribution in [0, 0.1) is 6.92 Å². The van der Waals surface area contributed by atoms with Crippen molar-refractivity contribution in [2.45, 2.75) is 13.5 Å². The summed E-state index contributed by atoms with van der Waals surface area (Å²) >= 11 is 7.05. The molecule has 1 heterocycles. The molecule has 0 saturated carbocycles. The van der Waals surface area contributed by atoms with Gasteiger partial charge in [0.25, 0.3) is 5.91 Å². The van der Waals surface area contributed by atoms with E-state index in [4.69, 9.17) is 21.1 Å². The fourth-order valence-electron chi connectivity index (χ4n) is 1.98. The molecule has 0 spiro atoms. The Balaban J connectivity index is 1.45. The average molecular weight is 390 g/mol. The van der Waals surface area contributed by atoms with E-state index in [1.54, 1.807) is 24.3 Å². The van der Waals surface area contributed by atoms with Crippen LogP contribution in [-0.2, 0) is 11.4 Å². The normalized spacial score (nSPS) is 10.4. The lowest BCUT2D eigenvalue weighted by atomic mass is 10.2. The highest BCUT2D eigenvalue weighted by Crippen LogP contribution is 2.19. The van der Waals surface area contributed by atoms with Crippen molar-refractivity contribution >= 4 is 34.0 Å². The summed E-state index contributed by atoms with van der Waals surface area (Å²) in [6.45, 7) is 2.18. The van der Waals surface area contributed by atoms with Crippen molar-refractivity contribution in [1.82, 2.24) is 10.2 Å². The number of rotatable bonds is 7.